The Balaban J connectivity index is 1.48. The number of pyridine rings is 1. The van der Waals surface area contributed by atoms with E-state index < -0.39 is 0 Å². The van der Waals surface area contributed by atoms with Crippen LogP contribution >= 0.6 is 0 Å². The number of piperazine rings is 1. The third-order valence-electron chi connectivity index (χ3n) is 5.00. The summed E-state index contributed by atoms with van der Waals surface area (Å²) in [6.07, 6.45) is 1.72. The maximum atomic E-state index is 12.7. The lowest BCUT2D eigenvalue weighted by molar-refractivity contribution is 0.102. The van der Waals surface area contributed by atoms with Gasteiger partial charge in [0, 0.05) is 32.4 Å². The topological polar surface area (TPSA) is 87.9 Å². The SMILES string of the molecule is CCOc1c(C)nc2ccc(C(=O)Nc3ccc(N4CCN(C)CC4)nn3)cn12. The average molecular weight is 395 g/mol. The molecule has 0 aromatic carbocycles. The molecular weight excluding hydrogens is 370 g/mol. The van der Waals surface area contributed by atoms with Crippen molar-refractivity contribution >= 4 is 23.2 Å². The first-order chi connectivity index (χ1) is 14.0. The summed E-state index contributed by atoms with van der Waals surface area (Å²) in [5, 5.41) is 11.2. The lowest BCUT2D eigenvalue weighted by atomic mass is 10.2. The molecule has 1 fully saturated rings. The Hall–Kier alpha value is -3.20. The number of imidazole rings is 1. The molecule has 1 saturated heterocycles. The molecule has 1 N–H and O–H groups in total. The van der Waals surface area contributed by atoms with E-state index in [0.717, 1.165) is 43.3 Å². The highest BCUT2D eigenvalue weighted by atomic mass is 16.5. The van der Waals surface area contributed by atoms with Gasteiger partial charge >= 0.3 is 0 Å². The van der Waals surface area contributed by atoms with Crippen LogP contribution in [0.3, 0.4) is 0 Å². The molecule has 0 bridgehead atoms. The van der Waals surface area contributed by atoms with E-state index in [9.17, 15) is 4.79 Å². The minimum Gasteiger partial charge on any atom is -0.478 e. The normalized spacial score (nSPS) is 14.9. The number of carbonyl (C=O) groups is 1. The van der Waals surface area contributed by atoms with Crippen molar-refractivity contribution in [2.45, 2.75) is 13.8 Å². The van der Waals surface area contributed by atoms with Crippen LogP contribution in [0, 0.1) is 6.92 Å². The summed E-state index contributed by atoms with van der Waals surface area (Å²) < 4.78 is 7.45. The van der Waals surface area contributed by atoms with E-state index in [0.29, 0.717) is 23.9 Å². The van der Waals surface area contributed by atoms with E-state index in [1.807, 2.05) is 19.9 Å². The van der Waals surface area contributed by atoms with Gasteiger partial charge in [0.25, 0.3) is 5.91 Å². The number of anilines is 2. The van der Waals surface area contributed by atoms with Crippen LogP contribution in [-0.2, 0) is 0 Å². The molecule has 29 heavy (non-hydrogen) atoms. The molecule has 1 aliphatic rings. The van der Waals surface area contributed by atoms with Crippen molar-refractivity contribution in [2.24, 2.45) is 0 Å². The van der Waals surface area contributed by atoms with Gasteiger partial charge in [-0.1, -0.05) is 0 Å². The van der Waals surface area contributed by atoms with E-state index in [4.69, 9.17) is 4.74 Å². The minimum atomic E-state index is -0.262. The van der Waals surface area contributed by atoms with Crippen LogP contribution < -0.4 is 15.0 Å². The Morgan fingerprint density at radius 3 is 2.62 bits per heavy atom. The lowest BCUT2D eigenvalue weighted by Gasteiger charge is -2.32. The highest BCUT2D eigenvalue weighted by molar-refractivity contribution is 6.03. The van der Waals surface area contributed by atoms with E-state index in [2.05, 4.69) is 37.3 Å². The number of nitrogens with zero attached hydrogens (tertiary/aromatic N) is 6. The fourth-order valence-electron chi connectivity index (χ4n) is 3.37. The molecule has 3 aromatic heterocycles. The number of fused-ring (bicyclic) bond motifs is 1. The lowest BCUT2D eigenvalue weighted by Crippen LogP contribution is -2.44. The number of likely N-dealkylation sites (N-methyl/N-ethyl adjacent to an activating group) is 1. The van der Waals surface area contributed by atoms with Crippen molar-refractivity contribution in [1.29, 1.82) is 0 Å². The maximum Gasteiger partial charge on any atom is 0.258 e. The van der Waals surface area contributed by atoms with E-state index >= 15 is 0 Å². The smallest absolute Gasteiger partial charge is 0.258 e. The van der Waals surface area contributed by atoms with Gasteiger partial charge in [-0.05, 0) is 45.2 Å². The number of aromatic nitrogens is 4. The number of aryl methyl sites for hydroxylation is 1. The van der Waals surface area contributed by atoms with Gasteiger partial charge in [-0.25, -0.2) is 4.98 Å². The molecule has 0 spiro atoms. The molecule has 4 rings (SSSR count). The van der Waals surface area contributed by atoms with Crippen molar-refractivity contribution in [2.75, 3.05) is 50.1 Å². The Morgan fingerprint density at radius 1 is 1.14 bits per heavy atom. The van der Waals surface area contributed by atoms with Crippen LogP contribution in [0.4, 0.5) is 11.6 Å². The fourth-order valence-corrected chi connectivity index (χ4v) is 3.37. The first-order valence-corrected chi connectivity index (χ1v) is 9.75. The zero-order valence-electron chi connectivity index (χ0n) is 16.9. The van der Waals surface area contributed by atoms with Gasteiger partial charge in [0.05, 0.1) is 12.2 Å². The van der Waals surface area contributed by atoms with E-state index in [1.54, 1.807) is 28.8 Å². The third kappa shape index (κ3) is 4.00. The Morgan fingerprint density at radius 2 is 1.93 bits per heavy atom. The standard InChI is InChI=1S/C20H25N7O2/c1-4-29-20-14(2)21-17-7-5-15(13-27(17)20)19(28)22-16-6-8-18(24-23-16)26-11-9-25(3)10-12-26/h5-8,13H,4,9-12H2,1-3H3,(H,22,23,28). The van der Waals surface area contributed by atoms with Gasteiger partial charge in [-0.3, -0.25) is 9.20 Å². The predicted octanol–water partition coefficient (Wildman–Crippen LogP) is 1.84. The van der Waals surface area contributed by atoms with Crippen LogP contribution in [0.25, 0.3) is 5.65 Å². The summed E-state index contributed by atoms with van der Waals surface area (Å²) >= 11 is 0. The van der Waals surface area contributed by atoms with Crippen LogP contribution in [0.5, 0.6) is 5.88 Å². The molecule has 0 radical (unpaired) electrons. The molecule has 0 atom stereocenters. The molecular formula is C20H25N7O2. The molecule has 0 aliphatic carbocycles. The molecule has 0 unspecified atom stereocenters. The largest absolute Gasteiger partial charge is 0.478 e. The zero-order valence-corrected chi connectivity index (χ0v) is 16.9. The number of nitrogens with one attached hydrogen (secondary N) is 1. The molecule has 1 aliphatic heterocycles. The summed E-state index contributed by atoms with van der Waals surface area (Å²) in [6.45, 7) is 8.17. The Kier molecular flexibility index (Phi) is 5.30. The molecule has 4 heterocycles. The predicted molar refractivity (Wildman–Crippen MR) is 111 cm³/mol. The zero-order chi connectivity index (χ0) is 20.4. The second-order valence-corrected chi connectivity index (χ2v) is 7.10. The molecule has 152 valence electrons. The van der Waals surface area contributed by atoms with Crippen LogP contribution in [0.1, 0.15) is 23.0 Å². The average Bonchev–Trinajstić information content (AvgIpc) is 3.04. The third-order valence-corrected chi connectivity index (χ3v) is 5.00. The molecule has 3 aromatic rings. The van der Waals surface area contributed by atoms with Gasteiger partial charge in [-0.2, -0.15) is 0 Å². The summed E-state index contributed by atoms with van der Waals surface area (Å²) in [5.74, 6) is 1.63. The first-order valence-electron chi connectivity index (χ1n) is 9.75. The van der Waals surface area contributed by atoms with Gasteiger partial charge in [-0.15, -0.1) is 10.2 Å². The minimum absolute atomic E-state index is 0.262. The van der Waals surface area contributed by atoms with E-state index in [1.165, 1.54) is 0 Å². The summed E-state index contributed by atoms with van der Waals surface area (Å²) in [4.78, 5) is 21.6. The summed E-state index contributed by atoms with van der Waals surface area (Å²) in [6, 6.07) is 7.21. The second-order valence-electron chi connectivity index (χ2n) is 7.10. The summed E-state index contributed by atoms with van der Waals surface area (Å²) in [7, 11) is 2.11. The van der Waals surface area contributed by atoms with Crippen LogP contribution in [0.15, 0.2) is 30.5 Å². The van der Waals surface area contributed by atoms with Gasteiger partial charge in [0.1, 0.15) is 11.3 Å². The number of hydrogen-bond donors (Lipinski definition) is 1. The number of rotatable bonds is 5. The van der Waals surface area contributed by atoms with E-state index in [-0.39, 0.29) is 5.91 Å². The Bertz CT molecular complexity index is 1010. The maximum absolute atomic E-state index is 12.7. The number of hydrogen-bond acceptors (Lipinski definition) is 7. The van der Waals surface area contributed by atoms with Crippen LogP contribution in [0.2, 0.25) is 0 Å². The molecule has 0 saturated carbocycles. The quantitative estimate of drug-likeness (QED) is 0.705. The number of amides is 1. The molecule has 9 heteroatoms. The van der Waals surface area contributed by atoms with Crippen molar-refractivity contribution < 1.29 is 9.53 Å². The molecule has 1 amide bonds. The molecule has 9 nitrogen and oxygen atoms in total. The van der Waals surface area contributed by atoms with Crippen molar-refractivity contribution in [3.63, 3.8) is 0 Å². The van der Waals surface area contributed by atoms with Gasteiger partial charge in [0.2, 0.25) is 5.88 Å². The fraction of sp³-hybridized carbons (Fsp3) is 0.400. The van der Waals surface area contributed by atoms with Gasteiger partial charge < -0.3 is 19.9 Å². The van der Waals surface area contributed by atoms with Gasteiger partial charge in [0.15, 0.2) is 11.6 Å². The number of carbonyl (C=O) groups excluding carboxylic acids is 1. The first kappa shape index (κ1) is 19.1. The van der Waals surface area contributed by atoms with Crippen molar-refractivity contribution in [1.82, 2.24) is 24.5 Å². The Labute approximate surface area is 169 Å². The van der Waals surface area contributed by atoms with Crippen molar-refractivity contribution in [3.05, 3.63) is 41.7 Å². The summed E-state index contributed by atoms with van der Waals surface area (Å²) in [5.41, 5.74) is 2.01. The monoisotopic (exact) mass is 395 g/mol. The number of ether oxygens (including phenoxy) is 1. The van der Waals surface area contributed by atoms with Crippen molar-refractivity contribution in [3.8, 4) is 5.88 Å². The highest BCUT2D eigenvalue weighted by Crippen LogP contribution is 2.21. The second kappa shape index (κ2) is 8.04. The van der Waals surface area contributed by atoms with Crippen LogP contribution in [-0.4, -0.2) is 70.2 Å². The highest BCUT2D eigenvalue weighted by Gasteiger charge is 2.17.